The van der Waals surface area contributed by atoms with E-state index in [1.165, 1.54) is 12.8 Å². The van der Waals surface area contributed by atoms with Crippen molar-refractivity contribution in [2.45, 2.75) is 33.1 Å². The first-order valence-electron chi connectivity index (χ1n) is 6.78. The lowest BCUT2D eigenvalue weighted by Gasteiger charge is -2.09. The maximum atomic E-state index is 5.71. The number of hydrogen-bond acceptors (Lipinski definition) is 2. The molecule has 0 heterocycles. The zero-order valence-corrected chi connectivity index (χ0v) is 13.0. The third kappa shape index (κ3) is 7.02. The molecule has 0 spiro atoms. The minimum atomic E-state index is 0.740. The van der Waals surface area contributed by atoms with E-state index in [2.05, 4.69) is 35.1 Å². The minimum Gasteiger partial charge on any atom is -0.492 e. The Morgan fingerprint density at radius 2 is 1.94 bits per heavy atom. The van der Waals surface area contributed by atoms with Gasteiger partial charge in [0, 0.05) is 0 Å². The van der Waals surface area contributed by atoms with Crippen molar-refractivity contribution in [3.05, 3.63) is 28.7 Å². The minimum absolute atomic E-state index is 0.740. The highest BCUT2D eigenvalue weighted by Gasteiger charge is 1.98. The van der Waals surface area contributed by atoms with Crippen LogP contribution in [-0.2, 0) is 0 Å². The Balaban J connectivity index is 1.98. The Morgan fingerprint density at radius 3 is 2.67 bits per heavy atom. The maximum absolute atomic E-state index is 5.71. The molecule has 0 bridgehead atoms. The van der Waals surface area contributed by atoms with Crippen LogP contribution in [0.2, 0.25) is 0 Å². The van der Waals surface area contributed by atoms with Crippen LogP contribution in [0, 0.1) is 5.92 Å². The molecule has 0 aromatic heterocycles. The fourth-order valence-electron chi connectivity index (χ4n) is 1.66. The zero-order chi connectivity index (χ0) is 13.2. The van der Waals surface area contributed by atoms with Gasteiger partial charge < -0.3 is 10.1 Å². The summed E-state index contributed by atoms with van der Waals surface area (Å²) in [5.74, 6) is 1.68. The number of rotatable bonds is 9. The Morgan fingerprint density at radius 1 is 1.17 bits per heavy atom. The molecule has 0 unspecified atom stereocenters. The molecular weight excluding hydrogens is 290 g/mol. The first-order valence-corrected chi connectivity index (χ1v) is 7.57. The lowest BCUT2D eigenvalue weighted by Crippen LogP contribution is -2.20. The second-order valence-corrected chi connectivity index (χ2v) is 5.79. The van der Waals surface area contributed by atoms with Crippen molar-refractivity contribution in [3.63, 3.8) is 0 Å². The molecule has 0 aliphatic rings. The van der Waals surface area contributed by atoms with E-state index in [4.69, 9.17) is 4.74 Å². The molecule has 0 amide bonds. The second kappa shape index (κ2) is 9.40. The van der Waals surface area contributed by atoms with Crippen LogP contribution in [0.25, 0.3) is 0 Å². The topological polar surface area (TPSA) is 21.3 Å². The van der Waals surface area contributed by atoms with Crippen molar-refractivity contribution in [2.24, 2.45) is 5.92 Å². The molecule has 0 aliphatic carbocycles. The van der Waals surface area contributed by atoms with Gasteiger partial charge in [-0.15, -0.1) is 0 Å². The van der Waals surface area contributed by atoms with Crippen molar-refractivity contribution in [1.82, 2.24) is 5.32 Å². The summed E-state index contributed by atoms with van der Waals surface area (Å²) in [5.41, 5.74) is 0. The van der Waals surface area contributed by atoms with Crippen molar-refractivity contribution in [1.29, 1.82) is 0 Å². The number of benzene rings is 1. The van der Waals surface area contributed by atoms with E-state index in [1.807, 2.05) is 24.3 Å². The van der Waals surface area contributed by atoms with Crippen molar-refractivity contribution in [2.75, 3.05) is 19.7 Å². The molecule has 0 fully saturated rings. The van der Waals surface area contributed by atoms with Crippen molar-refractivity contribution in [3.8, 4) is 5.75 Å². The van der Waals surface area contributed by atoms with Gasteiger partial charge in [0.2, 0.25) is 0 Å². The van der Waals surface area contributed by atoms with E-state index in [1.54, 1.807) is 0 Å². The van der Waals surface area contributed by atoms with E-state index in [0.29, 0.717) is 0 Å². The molecule has 1 N–H and O–H groups in total. The van der Waals surface area contributed by atoms with E-state index >= 15 is 0 Å². The molecule has 3 heteroatoms. The normalized spacial score (nSPS) is 10.9. The Bertz CT molecular complexity index is 328. The van der Waals surface area contributed by atoms with Gasteiger partial charge in [-0.2, -0.15) is 0 Å². The highest BCUT2D eigenvalue weighted by molar-refractivity contribution is 9.10. The molecule has 18 heavy (non-hydrogen) atoms. The van der Waals surface area contributed by atoms with Gasteiger partial charge >= 0.3 is 0 Å². The fraction of sp³-hybridized carbons (Fsp3) is 0.600. The Hall–Kier alpha value is -0.540. The van der Waals surface area contributed by atoms with Gasteiger partial charge in [-0.05, 0) is 66.3 Å². The molecule has 0 radical (unpaired) electrons. The van der Waals surface area contributed by atoms with Crippen LogP contribution >= 0.6 is 15.9 Å². The van der Waals surface area contributed by atoms with Crippen LogP contribution in [0.15, 0.2) is 28.7 Å². The second-order valence-electron chi connectivity index (χ2n) is 4.94. The van der Waals surface area contributed by atoms with Crippen molar-refractivity contribution < 1.29 is 4.74 Å². The van der Waals surface area contributed by atoms with Crippen LogP contribution < -0.4 is 10.1 Å². The smallest absolute Gasteiger partial charge is 0.133 e. The first-order chi connectivity index (χ1) is 8.70. The molecule has 0 atom stereocenters. The molecule has 2 nitrogen and oxygen atoms in total. The molecule has 0 saturated heterocycles. The van der Waals surface area contributed by atoms with E-state index in [-0.39, 0.29) is 0 Å². The highest BCUT2D eigenvalue weighted by atomic mass is 79.9. The number of halogens is 1. The average Bonchev–Trinajstić information content (AvgIpc) is 2.34. The molecule has 1 aromatic carbocycles. The maximum Gasteiger partial charge on any atom is 0.133 e. The predicted molar refractivity (Wildman–Crippen MR) is 81.2 cm³/mol. The Kier molecular flexibility index (Phi) is 8.10. The number of nitrogens with one attached hydrogen (secondary N) is 1. The number of hydrogen-bond donors (Lipinski definition) is 1. The number of para-hydroxylation sites is 1. The third-order valence-electron chi connectivity index (χ3n) is 2.64. The van der Waals surface area contributed by atoms with Gasteiger partial charge in [-0.25, -0.2) is 0 Å². The monoisotopic (exact) mass is 313 g/mol. The molecule has 1 rings (SSSR count). The predicted octanol–water partition coefficient (Wildman–Crippen LogP) is 4.24. The summed E-state index contributed by atoms with van der Waals surface area (Å²) in [6.45, 7) is 7.50. The third-order valence-corrected chi connectivity index (χ3v) is 3.30. The summed E-state index contributed by atoms with van der Waals surface area (Å²) in [6, 6.07) is 7.99. The van der Waals surface area contributed by atoms with E-state index in [0.717, 1.165) is 42.3 Å². The highest BCUT2D eigenvalue weighted by Crippen LogP contribution is 2.23. The molecule has 1 aromatic rings. The van der Waals surface area contributed by atoms with Gasteiger partial charge in [0.05, 0.1) is 11.1 Å². The van der Waals surface area contributed by atoms with Gasteiger partial charge in [-0.3, -0.25) is 0 Å². The lowest BCUT2D eigenvalue weighted by atomic mass is 10.2. The van der Waals surface area contributed by atoms with Gasteiger partial charge in [0.1, 0.15) is 5.75 Å². The first kappa shape index (κ1) is 15.5. The average molecular weight is 314 g/mol. The lowest BCUT2D eigenvalue weighted by molar-refractivity contribution is 0.303. The summed E-state index contributed by atoms with van der Waals surface area (Å²) < 4.78 is 6.75. The standard InChI is InChI=1S/C15H24BrNO/c1-13(2)12-17-10-6-3-7-11-18-15-9-5-4-8-14(15)16/h4-5,8-9,13,17H,3,6-7,10-12H2,1-2H3. The summed E-state index contributed by atoms with van der Waals surface area (Å²) in [5, 5.41) is 3.45. The van der Waals surface area contributed by atoms with Gasteiger partial charge in [-0.1, -0.05) is 26.0 Å². The molecular formula is C15H24BrNO. The summed E-state index contributed by atoms with van der Waals surface area (Å²) in [6.07, 6.45) is 3.56. The van der Waals surface area contributed by atoms with E-state index in [9.17, 15) is 0 Å². The quantitative estimate of drug-likeness (QED) is 0.688. The fourth-order valence-corrected chi connectivity index (χ4v) is 2.06. The summed E-state index contributed by atoms with van der Waals surface area (Å²) in [7, 11) is 0. The number of unbranched alkanes of at least 4 members (excludes halogenated alkanes) is 2. The summed E-state index contributed by atoms with van der Waals surface area (Å²) in [4.78, 5) is 0. The van der Waals surface area contributed by atoms with Crippen molar-refractivity contribution >= 4 is 15.9 Å². The van der Waals surface area contributed by atoms with Crippen LogP contribution in [0.1, 0.15) is 33.1 Å². The number of ether oxygens (including phenoxy) is 1. The van der Waals surface area contributed by atoms with Crippen LogP contribution in [-0.4, -0.2) is 19.7 Å². The van der Waals surface area contributed by atoms with Gasteiger partial charge in [0.25, 0.3) is 0 Å². The molecule has 0 aliphatic heterocycles. The summed E-state index contributed by atoms with van der Waals surface area (Å²) >= 11 is 3.48. The van der Waals surface area contributed by atoms with Crippen LogP contribution in [0.3, 0.4) is 0 Å². The van der Waals surface area contributed by atoms with Crippen LogP contribution in [0.5, 0.6) is 5.75 Å². The van der Waals surface area contributed by atoms with Crippen LogP contribution in [0.4, 0.5) is 0 Å². The largest absolute Gasteiger partial charge is 0.492 e. The van der Waals surface area contributed by atoms with E-state index < -0.39 is 0 Å². The SMILES string of the molecule is CC(C)CNCCCCCOc1ccccc1Br. The molecule has 102 valence electrons. The van der Waals surface area contributed by atoms with Gasteiger partial charge in [0.15, 0.2) is 0 Å². The zero-order valence-electron chi connectivity index (χ0n) is 11.4. The molecule has 0 saturated carbocycles. The Labute approximate surface area is 119 Å².